The molecule has 5 rings (SSSR count). The molecule has 30 heavy (non-hydrogen) atoms. The number of benzene rings is 2. The number of nitrogens with zero attached hydrogens (tertiary/aromatic N) is 2. The van der Waals surface area contributed by atoms with Gasteiger partial charge in [0.1, 0.15) is 10.9 Å². The minimum atomic E-state index is -3.53. The number of para-hydroxylation sites is 1. The Labute approximate surface area is 180 Å². The van der Waals surface area contributed by atoms with Gasteiger partial charge in [0, 0.05) is 30.3 Å². The van der Waals surface area contributed by atoms with Crippen molar-refractivity contribution in [3.8, 4) is 0 Å². The molecule has 0 unspecified atom stereocenters. The number of carbonyl (C=O) groups excluding carboxylic acids is 1. The molecule has 0 aliphatic carbocycles. The molecule has 3 fully saturated rings. The largest absolute Gasteiger partial charge is 0.365 e. The first-order valence-corrected chi connectivity index (χ1v) is 11.8. The van der Waals surface area contributed by atoms with Gasteiger partial charge >= 0.3 is 6.03 Å². The quantitative estimate of drug-likeness (QED) is 0.784. The summed E-state index contributed by atoms with van der Waals surface area (Å²) in [6.07, 6.45) is 0.145. The number of anilines is 1. The molecule has 3 aliphatic rings. The van der Waals surface area contributed by atoms with Gasteiger partial charge in [0.2, 0.25) is 10.0 Å². The summed E-state index contributed by atoms with van der Waals surface area (Å²) >= 11 is 5.94. The molecule has 2 aromatic carbocycles. The highest BCUT2D eigenvalue weighted by molar-refractivity contribution is 7.90. The smallest absolute Gasteiger partial charge is 0.322 e. The lowest BCUT2D eigenvalue weighted by atomic mass is 9.99. The molecule has 2 amide bonds. The number of ether oxygens (including phenoxy) is 1. The Morgan fingerprint density at radius 1 is 1.13 bits per heavy atom. The van der Waals surface area contributed by atoms with Crippen LogP contribution in [0.1, 0.15) is 12.0 Å². The third kappa shape index (κ3) is 3.37. The van der Waals surface area contributed by atoms with E-state index in [0.29, 0.717) is 23.7 Å². The van der Waals surface area contributed by atoms with Crippen molar-refractivity contribution in [3.63, 3.8) is 0 Å². The Morgan fingerprint density at radius 3 is 2.60 bits per heavy atom. The zero-order valence-corrected chi connectivity index (χ0v) is 17.8. The number of fused-ring (bicyclic) bond motifs is 1. The molecule has 0 radical (unpaired) electrons. The molecule has 2 aromatic rings. The lowest BCUT2D eigenvalue weighted by Crippen LogP contribution is -2.57. The molecule has 7 nitrogen and oxygen atoms in total. The second-order valence-corrected chi connectivity index (χ2v) is 10.7. The second-order valence-electron chi connectivity index (χ2n) is 8.15. The topological polar surface area (TPSA) is 79.0 Å². The van der Waals surface area contributed by atoms with Crippen LogP contribution in [0, 0.1) is 0 Å². The first-order chi connectivity index (χ1) is 14.4. The normalized spacial score (nSPS) is 29.6. The number of sulfonamides is 1. The van der Waals surface area contributed by atoms with E-state index in [1.807, 2.05) is 42.5 Å². The number of hydrogen-bond acceptors (Lipinski definition) is 4. The Balaban J connectivity index is 1.35. The summed E-state index contributed by atoms with van der Waals surface area (Å²) in [5.41, 5.74) is 0.687. The summed E-state index contributed by atoms with van der Waals surface area (Å²) < 4.78 is 34.2. The molecule has 3 aliphatic heterocycles. The third-order valence-electron chi connectivity index (χ3n) is 6.10. The Kier molecular flexibility index (Phi) is 4.77. The lowest BCUT2D eigenvalue weighted by Gasteiger charge is -2.39. The minimum absolute atomic E-state index is 0.233. The molecule has 9 heteroatoms. The maximum Gasteiger partial charge on any atom is 0.322 e. The van der Waals surface area contributed by atoms with E-state index in [4.69, 9.17) is 16.3 Å². The summed E-state index contributed by atoms with van der Waals surface area (Å²) in [4.78, 5) is 14.5. The van der Waals surface area contributed by atoms with Gasteiger partial charge in [0.15, 0.2) is 0 Å². The fraction of sp³-hybridized carbons (Fsp3) is 0.381. The molecule has 2 bridgehead atoms. The molecule has 0 saturated carbocycles. The van der Waals surface area contributed by atoms with E-state index in [9.17, 15) is 13.2 Å². The summed E-state index contributed by atoms with van der Waals surface area (Å²) in [5.74, 6) is 0. The van der Waals surface area contributed by atoms with E-state index in [0.717, 1.165) is 5.56 Å². The predicted octanol–water partition coefficient (Wildman–Crippen LogP) is 2.93. The van der Waals surface area contributed by atoms with Crippen molar-refractivity contribution in [1.82, 2.24) is 9.21 Å². The van der Waals surface area contributed by atoms with E-state index in [-0.39, 0.29) is 31.8 Å². The third-order valence-corrected chi connectivity index (χ3v) is 8.67. The summed E-state index contributed by atoms with van der Waals surface area (Å²) in [6, 6.07) is 16.2. The van der Waals surface area contributed by atoms with Gasteiger partial charge in [0.25, 0.3) is 0 Å². The fourth-order valence-corrected chi connectivity index (χ4v) is 7.18. The van der Waals surface area contributed by atoms with Gasteiger partial charge in [-0.2, -0.15) is 4.31 Å². The zero-order chi connectivity index (χ0) is 20.9. The van der Waals surface area contributed by atoms with Crippen LogP contribution in [0.5, 0.6) is 0 Å². The maximum atomic E-state index is 13.3. The van der Waals surface area contributed by atoms with Crippen LogP contribution < -0.4 is 5.32 Å². The number of amides is 2. The first-order valence-electron chi connectivity index (χ1n) is 9.88. The number of halogens is 1. The van der Waals surface area contributed by atoms with Crippen LogP contribution in [0.25, 0.3) is 0 Å². The maximum absolute atomic E-state index is 13.3. The average Bonchev–Trinajstić information content (AvgIpc) is 3.09. The number of likely N-dealkylation sites (tertiary alicyclic amines) is 1. The van der Waals surface area contributed by atoms with E-state index in [1.165, 1.54) is 4.31 Å². The number of morpholine rings is 1. The van der Waals surface area contributed by atoms with Crippen LogP contribution in [0.2, 0.25) is 5.02 Å². The molecule has 3 atom stereocenters. The van der Waals surface area contributed by atoms with Crippen LogP contribution in [-0.2, 0) is 21.3 Å². The highest BCUT2D eigenvalue weighted by Crippen LogP contribution is 2.47. The number of hydrogen-bond donors (Lipinski definition) is 1. The van der Waals surface area contributed by atoms with Crippen LogP contribution in [-0.4, -0.2) is 60.2 Å². The number of carbonyl (C=O) groups is 1. The van der Waals surface area contributed by atoms with Gasteiger partial charge < -0.3 is 15.0 Å². The molecule has 1 N–H and O–H groups in total. The first kappa shape index (κ1) is 19.8. The zero-order valence-electron chi connectivity index (χ0n) is 16.2. The fourth-order valence-electron chi connectivity index (χ4n) is 4.76. The van der Waals surface area contributed by atoms with E-state index in [2.05, 4.69) is 5.32 Å². The van der Waals surface area contributed by atoms with Crippen molar-refractivity contribution in [1.29, 1.82) is 0 Å². The molecule has 3 heterocycles. The Morgan fingerprint density at radius 2 is 1.87 bits per heavy atom. The van der Waals surface area contributed by atoms with E-state index in [1.54, 1.807) is 17.0 Å². The van der Waals surface area contributed by atoms with Crippen molar-refractivity contribution in [2.45, 2.75) is 29.9 Å². The Hall–Kier alpha value is -2.13. The van der Waals surface area contributed by atoms with E-state index >= 15 is 0 Å². The van der Waals surface area contributed by atoms with Gasteiger partial charge in [-0.25, -0.2) is 13.2 Å². The number of nitrogens with one attached hydrogen (secondary N) is 1. The van der Waals surface area contributed by atoms with Gasteiger partial charge in [-0.3, -0.25) is 0 Å². The van der Waals surface area contributed by atoms with Gasteiger partial charge in [-0.15, -0.1) is 0 Å². The summed E-state index contributed by atoms with van der Waals surface area (Å²) in [7, 11) is -3.53. The number of rotatable bonds is 3. The van der Waals surface area contributed by atoms with Crippen LogP contribution in [0.15, 0.2) is 54.6 Å². The monoisotopic (exact) mass is 447 g/mol. The van der Waals surface area contributed by atoms with Gasteiger partial charge in [-0.1, -0.05) is 41.9 Å². The second kappa shape index (κ2) is 7.23. The van der Waals surface area contributed by atoms with Crippen molar-refractivity contribution >= 4 is 33.3 Å². The standard InChI is InChI=1S/C21H22ClN3O4S/c22-16-8-6-15(7-9-16)11-25-14-21-13-24(20(26)23-17-4-2-1-3-5-17)12-18(29-21)10-19(21)30(25,27)28/h1-9,18-19H,10-14H2,(H,23,26)/t18-,19+,21+/m0/s1. The molecule has 158 valence electrons. The van der Waals surface area contributed by atoms with Gasteiger partial charge in [0.05, 0.1) is 12.6 Å². The molecular formula is C21H22ClN3O4S. The van der Waals surface area contributed by atoms with Crippen molar-refractivity contribution in [2.24, 2.45) is 0 Å². The Bertz CT molecular complexity index is 1060. The van der Waals surface area contributed by atoms with Crippen LogP contribution in [0.3, 0.4) is 0 Å². The number of urea groups is 1. The van der Waals surface area contributed by atoms with Gasteiger partial charge in [-0.05, 0) is 36.2 Å². The van der Waals surface area contributed by atoms with E-state index < -0.39 is 20.9 Å². The van der Waals surface area contributed by atoms with Crippen molar-refractivity contribution < 1.29 is 17.9 Å². The summed E-state index contributed by atoms with van der Waals surface area (Å²) in [5, 5.41) is 2.87. The molecule has 0 aromatic heterocycles. The minimum Gasteiger partial charge on any atom is -0.365 e. The highest BCUT2D eigenvalue weighted by Gasteiger charge is 2.65. The van der Waals surface area contributed by atoms with Crippen molar-refractivity contribution in [3.05, 3.63) is 65.2 Å². The highest BCUT2D eigenvalue weighted by atomic mass is 35.5. The molecule has 3 saturated heterocycles. The predicted molar refractivity (Wildman–Crippen MR) is 114 cm³/mol. The van der Waals surface area contributed by atoms with Crippen LogP contribution in [0.4, 0.5) is 10.5 Å². The molecule has 1 spiro atoms. The average molecular weight is 448 g/mol. The lowest BCUT2D eigenvalue weighted by molar-refractivity contribution is -0.0946. The van der Waals surface area contributed by atoms with Crippen LogP contribution >= 0.6 is 11.6 Å². The van der Waals surface area contributed by atoms with Crippen molar-refractivity contribution in [2.75, 3.05) is 25.0 Å². The molecular weight excluding hydrogens is 426 g/mol. The SMILES string of the molecule is O=C(Nc1ccccc1)N1C[C@@H]2C[C@@H]3[C@@](C1)(CN(Cc1ccc(Cl)cc1)S3(=O)=O)O2. The summed E-state index contributed by atoms with van der Waals surface area (Å²) in [6.45, 7) is 1.16.